The summed E-state index contributed by atoms with van der Waals surface area (Å²) in [6.07, 6.45) is 0. The fraction of sp³-hybridized carbons (Fsp3) is 0. The summed E-state index contributed by atoms with van der Waals surface area (Å²) in [5, 5.41) is 0. The first-order chi connectivity index (χ1) is 1.00. The summed E-state index contributed by atoms with van der Waals surface area (Å²) in [6, 6.07) is 0. The van der Waals surface area contributed by atoms with Gasteiger partial charge in [0.2, 0.25) is 0 Å². The summed E-state index contributed by atoms with van der Waals surface area (Å²) < 4.78 is 0. The second kappa shape index (κ2) is 42.3. The van der Waals surface area contributed by atoms with Crippen LogP contribution in [0.15, 0.2) is 0 Å². The summed E-state index contributed by atoms with van der Waals surface area (Å²) in [5.74, 6) is 0. The minimum Gasteiger partial charge on any atom is 0 e. The van der Waals surface area contributed by atoms with E-state index in [0.29, 0.717) is 0 Å². The van der Waals surface area contributed by atoms with Gasteiger partial charge in [0.1, 0.15) is 0 Å². The normalized spacial score (nSPS) is 1.00. The molecular weight excluding hydrogens is 485 g/mol. The van der Waals surface area contributed by atoms with Crippen molar-refractivity contribution in [3.8, 4) is 0 Å². The molecule has 0 fully saturated rings. The van der Waals surface area contributed by atoms with Gasteiger partial charge in [-0.25, -0.2) is 0 Å². The van der Waals surface area contributed by atoms with Crippen LogP contribution < -0.4 is 0 Å². The zero-order valence-electron chi connectivity index (χ0n) is 2.23. The van der Waals surface area contributed by atoms with Gasteiger partial charge in [0, 0.05) is 76.0 Å². The molecule has 0 aromatic carbocycles. The first-order valence-corrected chi connectivity index (χ1v) is 1.60. The zero-order chi connectivity index (χ0) is 2.00. The maximum atomic E-state index is 3.71. The fourth-order valence-electron chi connectivity index (χ4n) is 0. The van der Waals surface area contributed by atoms with Crippen molar-refractivity contribution in [1.29, 1.82) is 0 Å². The number of hydrogen-bond donors (Lipinski definition) is 0. The van der Waals surface area contributed by atoms with Crippen molar-refractivity contribution in [2.24, 2.45) is 0 Å². The molecule has 0 saturated carbocycles. The molecule has 0 unspecified atom stereocenters. The third-order valence-electron chi connectivity index (χ3n) is 0. The van der Waals surface area contributed by atoms with Crippen LogP contribution in [-0.2, 0) is 89.8 Å². The first-order valence-electron chi connectivity index (χ1n) is 0.129. The molecule has 1 radical (unpaired) electrons. The third-order valence-corrected chi connectivity index (χ3v) is 0. The van der Waals surface area contributed by atoms with Crippen LogP contribution in [-0.4, -0.2) is 0 Å². The van der Waals surface area contributed by atoms with E-state index in [2.05, 4.69) is 24.5 Å². The van der Waals surface area contributed by atoms with Crippen molar-refractivity contribution in [2.75, 3.05) is 0 Å². The largest absolute Gasteiger partial charge is 0 e. The SMILES string of the molecule is [Co].[Fe].[Mo].[S]=[Ni].[W]. The molecule has 45 valence electrons. The first kappa shape index (κ1) is 35.4. The van der Waals surface area contributed by atoms with Gasteiger partial charge in [0.15, 0.2) is 0 Å². The summed E-state index contributed by atoms with van der Waals surface area (Å²) in [6.45, 7) is 0. The summed E-state index contributed by atoms with van der Waals surface area (Å²) in [5.41, 5.74) is 0. The van der Waals surface area contributed by atoms with E-state index in [4.69, 9.17) is 0 Å². The average molecular weight is 485 g/mol. The van der Waals surface area contributed by atoms with Crippen molar-refractivity contribution in [3.05, 3.63) is 0 Å². The standard InChI is InChI=1S/Co.Fe.Mo.Ni.S.W. The monoisotopic (exact) mass is 487 g/mol. The molecule has 6 heteroatoms. The molecule has 0 atom stereocenters. The van der Waals surface area contributed by atoms with Gasteiger partial charge in [-0.15, -0.1) is 0 Å². The van der Waals surface area contributed by atoms with Crippen LogP contribution in [0.2, 0.25) is 0 Å². The van der Waals surface area contributed by atoms with Crippen molar-refractivity contribution >= 4 is 10.7 Å². The minimum absolute atomic E-state index is 0. The maximum absolute atomic E-state index is 3.71. The van der Waals surface area contributed by atoms with Crippen LogP contribution in [0.1, 0.15) is 0 Å². The maximum Gasteiger partial charge on any atom is 0 e. The van der Waals surface area contributed by atoms with Crippen molar-refractivity contribution in [3.63, 3.8) is 0 Å². The average Bonchev–Trinajstić information content (AvgIpc) is 1.00. The molecule has 0 heterocycles. The molecule has 0 spiro atoms. The van der Waals surface area contributed by atoms with E-state index in [1.807, 2.05) is 0 Å². The van der Waals surface area contributed by atoms with E-state index in [-0.39, 0.29) is 76.0 Å². The molecule has 0 saturated heterocycles. The third kappa shape index (κ3) is 27.4. The number of rotatable bonds is 0. The predicted octanol–water partition coefficient (Wildman–Crippen LogP) is 0.636. The number of hydrogen-bond acceptors (Lipinski definition) is 1. The van der Waals surface area contributed by atoms with Gasteiger partial charge in [-0.1, -0.05) is 0 Å². The summed E-state index contributed by atoms with van der Waals surface area (Å²) in [7, 11) is 3.71. The van der Waals surface area contributed by atoms with Gasteiger partial charge in [-0.2, -0.15) is 0 Å². The zero-order valence-corrected chi connectivity index (χ0v) is 11.1. The van der Waals surface area contributed by atoms with Crippen molar-refractivity contribution < 1.29 is 89.8 Å². The molecule has 0 rings (SSSR count). The summed E-state index contributed by atoms with van der Waals surface area (Å²) in [4.78, 5) is 0. The summed E-state index contributed by atoms with van der Waals surface area (Å²) >= 11 is 3.46. The van der Waals surface area contributed by atoms with Gasteiger partial charge in [-0.05, 0) is 0 Å². The van der Waals surface area contributed by atoms with Gasteiger partial charge >= 0.3 is 24.5 Å². The Bertz CT molecular complexity index is 15.5. The van der Waals surface area contributed by atoms with Crippen LogP contribution in [0.25, 0.3) is 0 Å². The van der Waals surface area contributed by atoms with E-state index < -0.39 is 0 Å². The Morgan fingerprint density at radius 2 is 1.17 bits per heavy atom. The molecule has 0 N–H and O–H groups in total. The Balaban J connectivity index is -0.000000000833. The molecule has 6 heavy (non-hydrogen) atoms. The van der Waals surface area contributed by atoms with Crippen LogP contribution in [0.4, 0.5) is 0 Å². The van der Waals surface area contributed by atoms with E-state index in [1.54, 1.807) is 0 Å². The van der Waals surface area contributed by atoms with Crippen molar-refractivity contribution in [2.45, 2.75) is 0 Å². The van der Waals surface area contributed by atoms with Gasteiger partial charge < -0.3 is 0 Å². The Morgan fingerprint density at radius 3 is 1.17 bits per heavy atom. The molecule has 0 aliphatic rings. The quantitative estimate of drug-likeness (QED) is 0.454. The van der Waals surface area contributed by atoms with E-state index in [9.17, 15) is 0 Å². The van der Waals surface area contributed by atoms with Crippen LogP contribution in [0, 0.1) is 0 Å². The Hall–Kier alpha value is 3.12. The van der Waals surface area contributed by atoms with Gasteiger partial charge in [0.25, 0.3) is 0 Å². The molecular formula is CoFeMoNiSW. The second-order valence-electron chi connectivity index (χ2n) is 0. The van der Waals surface area contributed by atoms with Crippen LogP contribution >= 0.6 is 10.7 Å². The Kier molecular flexibility index (Phi) is 250. The smallest absolute Gasteiger partial charge is 0 e. The topological polar surface area (TPSA) is 0 Å². The molecule has 0 aliphatic heterocycles. The van der Waals surface area contributed by atoms with Crippen LogP contribution in [0.5, 0.6) is 0 Å². The van der Waals surface area contributed by atoms with Gasteiger partial charge in [-0.3, -0.25) is 0 Å². The van der Waals surface area contributed by atoms with Gasteiger partial charge in [0.05, 0.1) is 0 Å². The molecule has 0 amide bonds. The molecule has 0 nitrogen and oxygen atoms in total. The van der Waals surface area contributed by atoms with E-state index in [0.717, 1.165) is 0 Å². The molecule has 0 aromatic rings. The van der Waals surface area contributed by atoms with E-state index in [1.165, 1.54) is 0 Å². The second-order valence-corrected chi connectivity index (χ2v) is 0. The van der Waals surface area contributed by atoms with Crippen LogP contribution in [0.3, 0.4) is 0 Å². The molecule has 0 aromatic heterocycles. The fourth-order valence-corrected chi connectivity index (χ4v) is 0. The minimum atomic E-state index is 0. The predicted molar refractivity (Wildman–Crippen MR) is 7.59 cm³/mol. The van der Waals surface area contributed by atoms with Crippen molar-refractivity contribution in [1.82, 2.24) is 0 Å². The molecule has 0 aliphatic carbocycles. The van der Waals surface area contributed by atoms with E-state index >= 15 is 0 Å². The Morgan fingerprint density at radius 1 is 1.17 bits per heavy atom. The molecule has 0 bridgehead atoms. The Labute approximate surface area is 98.8 Å².